The predicted molar refractivity (Wildman–Crippen MR) is 107 cm³/mol. The molecule has 5 rings (SSSR count). The van der Waals surface area contributed by atoms with Crippen molar-refractivity contribution in [1.29, 1.82) is 0 Å². The van der Waals surface area contributed by atoms with Gasteiger partial charge >= 0.3 is 0 Å². The number of fused-ring (bicyclic) bond motifs is 1. The summed E-state index contributed by atoms with van der Waals surface area (Å²) >= 11 is 0. The maximum atomic E-state index is 12.7. The quantitative estimate of drug-likeness (QED) is 0.726. The highest BCUT2D eigenvalue weighted by molar-refractivity contribution is 5.92. The van der Waals surface area contributed by atoms with Gasteiger partial charge < -0.3 is 9.80 Å². The van der Waals surface area contributed by atoms with Crippen molar-refractivity contribution in [2.75, 3.05) is 31.1 Å². The molecule has 150 valence electrons. The fourth-order valence-electron chi connectivity index (χ4n) is 4.52. The molecule has 9 heteroatoms. The molecule has 0 saturated carbocycles. The Morgan fingerprint density at radius 2 is 1.72 bits per heavy atom. The zero-order valence-corrected chi connectivity index (χ0v) is 16.8. The molecule has 2 saturated heterocycles. The summed E-state index contributed by atoms with van der Waals surface area (Å²) in [5, 5.41) is 11.5. The number of carbonyl (C=O) groups is 1. The number of anilines is 1. The Bertz CT molecular complexity index is 1060. The molecular formula is C20H24N8O. The number of likely N-dealkylation sites (tertiary alicyclic amines) is 1. The molecule has 0 aromatic carbocycles. The van der Waals surface area contributed by atoms with Crippen molar-refractivity contribution in [2.45, 2.75) is 20.8 Å². The van der Waals surface area contributed by atoms with Crippen LogP contribution in [0.5, 0.6) is 0 Å². The second-order valence-corrected chi connectivity index (χ2v) is 8.14. The number of hydrogen-bond acceptors (Lipinski definition) is 6. The Balaban J connectivity index is 1.29. The molecule has 1 N–H and O–H groups in total. The van der Waals surface area contributed by atoms with E-state index in [9.17, 15) is 4.79 Å². The smallest absolute Gasteiger partial charge is 0.274 e. The molecule has 1 amide bonds. The van der Waals surface area contributed by atoms with Gasteiger partial charge in [-0.05, 0) is 32.9 Å². The number of carbonyl (C=O) groups excluding carboxylic acids is 1. The van der Waals surface area contributed by atoms with E-state index in [1.807, 2.05) is 48.6 Å². The van der Waals surface area contributed by atoms with Crippen LogP contribution in [0.3, 0.4) is 0 Å². The highest BCUT2D eigenvalue weighted by atomic mass is 16.2. The topological polar surface area (TPSA) is 95.8 Å². The van der Waals surface area contributed by atoms with Crippen LogP contribution >= 0.6 is 0 Å². The lowest BCUT2D eigenvalue weighted by atomic mass is 10.0. The number of amides is 1. The lowest BCUT2D eigenvalue weighted by molar-refractivity contribution is 0.0776. The molecule has 0 aliphatic carbocycles. The van der Waals surface area contributed by atoms with Gasteiger partial charge in [0.15, 0.2) is 5.82 Å². The lowest BCUT2D eigenvalue weighted by Gasteiger charge is -2.22. The zero-order chi connectivity index (χ0) is 20.1. The van der Waals surface area contributed by atoms with Crippen molar-refractivity contribution in [3.8, 4) is 5.82 Å². The molecule has 2 aliphatic heterocycles. The number of H-pyrrole nitrogens is 1. The van der Waals surface area contributed by atoms with E-state index in [0.29, 0.717) is 17.5 Å². The van der Waals surface area contributed by atoms with Gasteiger partial charge in [0.05, 0.1) is 5.69 Å². The molecule has 2 aliphatic rings. The van der Waals surface area contributed by atoms with Gasteiger partial charge in [-0.3, -0.25) is 9.89 Å². The number of aryl methyl sites for hydroxylation is 3. The second-order valence-electron chi connectivity index (χ2n) is 8.14. The van der Waals surface area contributed by atoms with E-state index in [-0.39, 0.29) is 5.91 Å². The van der Waals surface area contributed by atoms with Crippen LogP contribution < -0.4 is 4.90 Å². The Labute approximate surface area is 168 Å². The van der Waals surface area contributed by atoms with Crippen molar-refractivity contribution < 1.29 is 4.79 Å². The average Bonchev–Trinajstić information content (AvgIpc) is 3.44. The number of aromatic nitrogens is 6. The summed E-state index contributed by atoms with van der Waals surface area (Å²) in [6.07, 6.45) is 1.60. The summed E-state index contributed by atoms with van der Waals surface area (Å²) in [5.74, 6) is 2.61. The monoisotopic (exact) mass is 392 g/mol. The maximum absolute atomic E-state index is 12.7. The number of nitrogens with one attached hydrogen (secondary N) is 1. The van der Waals surface area contributed by atoms with Crippen LogP contribution in [-0.4, -0.2) is 66.9 Å². The summed E-state index contributed by atoms with van der Waals surface area (Å²) < 4.78 is 1.85. The van der Waals surface area contributed by atoms with Crippen molar-refractivity contribution in [3.05, 3.63) is 47.3 Å². The van der Waals surface area contributed by atoms with E-state index >= 15 is 0 Å². The molecule has 3 aromatic heterocycles. The van der Waals surface area contributed by atoms with Gasteiger partial charge in [0, 0.05) is 55.5 Å². The van der Waals surface area contributed by atoms with E-state index in [2.05, 4.69) is 30.2 Å². The molecule has 3 aromatic rings. The SMILES string of the molecule is Cc1cc(C)n(-c2cc(N3CC4CN(C(=O)c5cc(C)[nH]n5)CC4C3)ncn2)n1. The molecule has 9 nitrogen and oxygen atoms in total. The van der Waals surface area contributed by atoms with Crippen molar-refractivity contribution in [3.63, 3.8) is 0 Å². The van der Waals surface area contributed by atoms with Gasteiger partial charge in [-0.1, -0.05) is 0 Å². The normalized spacial score (nSPS) is 21.1. The predicted octanol–water partition coefficient (Wildman–Crippen LogP) is 1.52. The fourth-order valence-corrected chi connectivity index (χ4v) is 4.52. The fraction of sp³-hybridized carbons (Fsp3) is 0.450. The van der Waals surface area contributed by atoms with Crippen molar-refractivity contribution >= 4 is 11.7 Å². The first-order valence-corrected chi connectivity index (χ1v) is 9.90. The number of nitrogens with zero attached hydrogens (tertiary/aromatic N) is 7. The van der Waals surface area contributed by atoms with Crippen LogP contribution in [-0.2, 0) is 0 Å². The summed E-state index contributed by atoms with van der Waals surface area (Å²) in [6, 6.07) is 5.84. The molecule has 2 fully saturated rings. The largest absolute Gasteiger partial charge is 0.356 e. The Morgan fingerprint density at radius 3 is 2.34 bits per heavy atom. The first-order valence-electron chi connectivity index (χ1n) is 9.90. The minimum absolute atomic E-state index is 0.0177. The molecular weight excluding hydrogens is 368 g/mol. The van der Waals surface area contributed by atoms with Crippen LogP contribution in [0.2, 0.25) is 0 Å². The molecule has 29 heavy (non-hydrogen) atoms. The molecule has 2 unspecified atom stereocenters. The first kappa shape index (κ1) is 17.8. The Hall–Kier alpha value is -3.23. The summed E-state index contributed by atoms with van der Waals surface area (Å²) in [7, 11) is 0. The van der Waals surface area contributed by atoms with Gasteiger partial charge in [0.2, 0.25) is 0 Å². The summed E-state index contributed by atoms with van der Waals surface area (Å²) in [5.41, 5.74) is 3.43. The van der Waals surface area contributed by atoms with E-state index in [0.717, 1.165) is 54.9 Å². The lowest BCUT2D eigenvalue weighted by Crippen LogP contribution is -2.33. The Morgan fingerprint density at radius 1 is 1.00 bits per heavy atom. The van der Waals surface area contributed by atoms with Crippen LogP contribution in [0.1, 0.15) is 27.6 Å². The highest BCUT2D eigenvalue weighted by Gasteiger charge is 2.42. The van der Waals surface area contributed by atoms with Crippen LogP contribution in [0, 0.1) is 32.6 Å². The number of hydrogen-bond donors (Lipinski definition) is 1. The average molecular weight is 392 g/mol. The van der Waals surface area contributed by atoms with Gasteiger partial charge in [-0.15, -0.1) is 0 Å². The van der Waals surface area contributed by atoms with Crippen molar-refractivity contribution in [1.82, 2.24) is 34.8 Å². The van der Waals surface area contributed by atoms with Crippen LogP contribution in [0.25, 0.3) is 5.82 Å². The standard InChI is InChI=1S/C20H24N8O/c1-12-5-17(24-23-12)20(29)27-9-15-7-26(8-16(15)10-27)18-6-19(22-11-21-18)28-14(3)4-13(2)25-28/h4-6,11,15-16H,7-10H2,1-3H3,(H,23,24). The van der Waals surface area contributed by atoms with Gasteiger partial charge in [-0.25, -0.2) is 14.6 Å². The van der Waals surface area contributed by atoms with Gasteiger partial charge in [-0.2, -0.15) is 10.2 Å². The maximum Gasteiger partial charge on any atom is 0.274 e. The Kier molecular flexibility index (Phi) is 4.11. The van der Waals surface area contributed by atoms with E-state index in [4.69, 9.17) is 0 Å². The second kappa shape index (κ2) is 6.68. The minimum atomic E-state index is 0.0177. The number of aromatic amines is 1. The van der Waals surface area contributed by atoms with Crippen molar-refractivity contribution in [2.24, 2.45) is 11.8 Å². The summed E-state index contributed by atoms with van der Waals surface area (Å²) in [6.45, 7) is 9.22. The molecule has 0 spiro atoms. The van der Waals surface area contributed by atoms with E-state index in [1.54, 1.807) is 6.33 Å². The molecule has 5 heterocycles. The molecule has 0 radical (unpaired) electrons. The number of rotatable bonds is 3. The molecule has 0 bridgehead atoms. The van der Waals surface area contributed by atoms with Crippen LogP contribution in [0.4, 0.5) is 5.82 Å². The third kappa shape index (κ3) is 3.16. The van der Waals surface area contributed by atoms with Gasteiger partial charge in [0.25, 0.3) is 5.91 Å². The van der Waals surface area contributed by atoms with E-state index < -0.39 is 0 Å². The van der Waals surface area contributed by atoms with Gasteiger partial charge in [0.1, 0.15) is 17.8 Å². The first-order chi connectivity index (χ1) is 14.0. The molecule has 2 atom stereocenters. The van der Waals surface area contributed by atoms with Crippen LogP contribution in [0.15, 0.2) is 24.5 Å². The summed E-state index contributed by atoms with van der Waals surface area (Å²) in [4.78, 5) is 25.8. The highest BCUT2D eigenvalue weighted by Crippen LogP contribution is 2.34. The third-order valence-corrected chi connectivity index (χ3v) is 5.89. The van der Waals surface area contributed by atoms with E-state index in [1.165, 1.54) is 0 Å². The zero-order valence-electron chi connectivity index (χ0n) is 16.8. The third-order valence-electron chi connectivity index (χ3n) is 5.89. The minimum Gasteiger partial charge on any atom is -0.356 e.